The van der Waals surface area contributed by atoms with Crippen molar-refractivity contribution in [1.29, 1.82) is 0 Å². The van der Waals surface area contributed by atoms with Gasteiger partial charge < -0.3 is 14.5 Å². The molecule has 0 aromatic heterocycles. The van der Waals surface area contributed by atoms with E-state index in [1.807, 2.05) is 23.1 Å². The Morgan fingerprint density at radius 3 is 2.75 bits per heavy atom. The van der Waals surface area contributed by atoms with Crippen molar-refractivity contribution in [3.05, 3.63) is 29.8 Å². The van der Waals surface area contributed by atoms with Gasteiger partial charge in [-0.1, -0.05) is 18.2 Å². The minimum Gasteiger partial charge on any atom is -0.496 e. The zero-order valence-corrected chi connectivity index (χ0v) is 14.4. The third kappa shape index (κ3) is 3.38. The molecule has 2 heterocycles. The number of piperazine rings is 1. The summed E-state index contributed by atoms with van der Waals surface area (Å²) in [6, 6.07) is 8.06. The largest absolute Gasteiger partial charge is 0.496 e. The van der Waals surface area contributed by atoms with Gasteiger partial charge in [-0.3, -0.25) is 14.5 Å². The van der Waals surface area contributed by atoms with E-state index in [1.165, 1.54) is 0 Å². The van der Waals surface area contributed by atoms with Crippen molar-refractivity contribution >= 4 is 11.8 Å². The van der Waals surface area contributed by atoms with E-state index in [0.717, 1.165) is 24.3 Å². The molecule has 0 spiro atoms. The summed E-state index contributed by atoms with van der Waals surface area (Å²) in [4.78, 5) is 30.2. The number of para-hydroxylation sites is 1. The molecule has 1 aromatic rings. The zero-order valence-electron chi connectivity index (χ0n) is 14.4. The number of carbonyl (C=O) groups excluding carboxylic acids is 2. The summed E-state index contributed by atoms with van der Waals surface area (Å²) in [5.41, 5.74) is 1.09. The summed E-state index contributed by atoms with van der Waals surface area (Å²) in [5.74, 6) is 0.982. The molecule has 2 saturated heterocycles. The van der Waals surface area contributed by atoms with Crippen LogP contribution in [0.3, 0.4) is 0 Å². The van der Waals surface area contributed by atoms with Crippen LogP contribution in [0.2, 0.25) is 0 Å². The van der Waals surface area contributed by atoms with Crippen LogP contribution in [0.25, 0.3) is 0 Å². The first-order chi connectivity index (χ1) is 11.6. The number of carbonyl (C=O) groups is 2. The van der Waals surface area contributed by atoms with Gasteiger partial charge in [-0.05, 0) is 19.5 Å². The molecule has 1 aromatic carbocycles. The number of hydrogen-bond acceptors (Lipinski definition) is 4. The predicted octanol–water partition coefficient (Wildman–Crippen LogP) is 1.13. The van der Waals surface area contributed by atoms with Gasteiger partial charge in [0.05, 0.1) is 19.7 Å². The van der Waals surface area contributed by atoms with E-state index < -0.39 is 0 Å². The van der Waals surface area contributed by atoms with E-state index in [0.29, 0.717) is 26.1 Å². The lowest BCUT2D eigenvalue weighted by molar-refractivity contribution is -0.140. The number of amides is 2. The fourth-order valence-corrected chi connectivity index (χ4v) is 3.51. The lowest BCUT2D eigenvalue weighted by Crippen LogP contribution is -2.51. The average Bonchev–Trinajstić information content (AvgIpc) is 3.00. The van der Waals surface area contributed by atoms with E-state index in [9.17, 15) is 9.59 Å². The topological polar surface area (TPSA) is 53.1 Å². The van der Waals surface area contributed by atoms with Crippen LogP contribution >= 0.6 is 0 Å². The molecular weight excluding hydrogens is 306 g/mol. The SMILES string of the molecule is COc1ccccc1[C@@H]1CN(C(=O)CN2CCCC2=O)CCN1C. The average molecular weight is 331 g/mol. The predicted molar refractivity (Wildman–Crippen MR) is 90.8 cm³/mol. The summed E-state index contributed by atoms with van der Waals surface area (Å²) in [5, 5.41) is 0. The van der Waals surface area contributed by atoms with Gasteiger partial charge in [-0.25, -0.2) is 0 Å². The monoisotopic (exact) mass is 331 g/mol. The molecule has 0 N–H and O–H groups in total. The summed E-state index contributed by atoms with van der Waals surface area (Å²) in [6.07, 6.45) is 1.43. The summed E-state index contributed by atoms with van der Waals surface area (Å²) >= 11 is 0. The van der Waals surface area contributed by atoms with Crippen LogP contribution < -0.4 is 4.74 Å². The van der Waals surface area contributed by atoms with E-state index in [1.54, 1.807) is 12.0 Å². The Labute approximate surface area is 143 Å². The Morgan fingerprint density at radius 2 is 2.04 bits per heavy atom. The van der Waals surface area contributed by atoms with Crippen molar-refractivity contribution < 1.29 is 14.3 Å². The van der Waals surface area contributed by atoms with Gasteiger partial charge in [-0.15, -0.1) is 0 Å². The molecule has 0 aliphatic carbocycles. The first-order valence-electron chi connectivity index (χ1n) is 8.49. The minimum absolute atomic E-state index is 0.0400. The van der Waals surface area contributed by atoms with E-state index >= 15 is 0 Å². The molecule has 0 saturated carbocycles. The molecule has 0 radical (unpaired) electrons. The van der Waals surface area contributed by atoms with Crippen LogP contribution in [0.15, 0.2) is 24.3 Å². The minimum atomic E-state index is 0.0400. The Bertz CT molecular complexity index is 619. The van der Waals surface area contributed by atoms with Gasteiger partial charge in [0.15, 0.2) is 0 Å². The van der Waals surface area contributed by atoms with Crippen LogP contribution in [0, 0.1) is 0 Å². The van der Waals surface area contributed by atoms with E-state index in [2.05, 4.69) is 18.0 Å². The molecule has 1 atom stereocenters. The highest BCUT2D eigenvalue weighted by Crippen LogP contribution is 2.31. The normalized spacial score (nSPS) is 22.1. The van der Waals surface area contributed by atoms with Crippen LogP contribution in [0.5, 0.6) is 5.75 Å². The van der Waals surface area contributed by atoms with Crippen LogP contribution in [0.4, 0.5) is 0 Å². The summed E-state index contributed by atoms with van der Waals surface area (Å²) in [6.45, 7) is 3.04. The molecule has 3 rings (SSSR count). The highest BCUT2D eigenvalue weighted by Gasteiger charge is 2.32. The number of methoxy groups -OCH3 is 1. The van der Waals surface area contributed by atoms with Crippen molar-refractivity contribution in [2.75, 3.05) is 46.9 Å². The second kappa shape index (κ2) is 7.21. The van der Waals surface area contributed by atoms with Crippen molar-refractivity contribution in [3.8, 4) is 5.75 Å². The highest BCUT2D eigenvalue weighted by molar-refractivity contribution is 5.86. The number of likely N-dealkylation sites (tertiary alicyclic amines) is 1. The molecule has 2 aliphatic rings. The lowest BCUT2D eigenvalue weighted by Gasteiger charge is -2.40. The Kier molecular flexibility index (Phi) is 5.04. The maximum Gasteiger partial charge on any atom is 0.242 e. The van der Waals surface area contributed by atoms with Gasteiger partial charge in [-0.2, -0.15) is 0 Å². The first kappa shape index (κ1) is 16.8. The van der Waals surface area contributed by atoms with Gasteiger partial charge in [0, 0.05) is 38.2 Å². The number of benzene rings is 1. The molecule has 6 heteroatoms. The molecule has 0 bridgehead atoms. The molecule has 0 unspecified atom stereocenters. The molecule has 130 valence electrons. The second-order valence-electron chi connectivity index (χ2n) is 6.50. The third-order valence-corrected chi connectivity index (χ3v) is 5.00. The van der Waals surface area contributed by atoms with Gasteiger partial charge >= 0.3 is 0 Å². The maximum atomic E-state index is 12.6. The van der Waals surface area contributed by atoms with Crippen molar-refractivity contribution in [3.63, 3.8) is 0 Å². The molecule has 2 aliphatic heterocycles. The molecule has 2 amide bonds. The lowest BCUT2D eigenvalue weighted by atomic mass is 10.0. The van der Waals surface area contributed by atoms with Gasteiger partial charge in [0.1, 0.15) is 5.75 Å². The fraction of sp³-hybridized carbons (Fsp3) is 0.556. The Morgan fingerprint density at radius 1 is 1.25 bits per heavy atom. The molecule has 24 heavy (non-hydrogen) atoms. The Hall–Kier alpha value is -2.08. The van der Waals surface area contributed by atoms with Gasteiger partial charge in [0.2, 0.25) is 11.8 Å². The number of nitrogens with zero attached hydrogens (tertiary/aromatic N) is 3. The molecular formula is C18H25N3O3. The number of rotatable bonds is 4. The summed E-state index contributed by atoms with van der Waals surface area (Å²) < 4.78 is 5.48. The van der Waals surface area contributed by atoms with Crippen molar-refractivity contribution in [2.24, 2.45) is 0 Å². The zero-order chi connectivity index (χ0) is 17.1. The van der Waals surface area contributed by atoms with Crippen molar-refractivity contribution in [2.45, 2.75) is 18.9 Å². The number of likely N-dealkylation sites (N-methyl/N-ethyl adjacent to an activating group) is 1. The Balaban J connectivity index is 1.71. The standard InChI is InChI=1S/C18H25N3O3/c1-19-10-11-21(18(23)13-20-9-5-8-17(20)22)12-15(19)14-6-3-4-7-16(14)24-2/h3-4,6-7,15H,5,8-13H2,1-2H3/t15-/m0/s1. The third-order valence-electron chi connectivity index (χ3n) is 5.00. The maximum absolute atomic E-state index is 12.6. The second-order valence-corrected chi connectivity index (χ2v) is 6.50. The van der Waals surface area contributed by atoms with Crippen LogP contribution in [0.1, 0.15) is 24.4 Å². The van der Waals surface area contributed by atoms with Crippen LogP contribution in [-0.2, 0) is 9.59 Å². The highest BCUT2D eigenvalue weighted by atomic mass is 16.5. The summed E-state index contributed by atoms with van der Waals surface area (Å²) in [7, 11) is 3.74. The van der Waals surface area contributed by atoms with Gasteiger partial charge in [0.25, 0.3) is 0 Å². The fourth-order valence-electron chi connectivity index (χ4n) is 3.51. The molecule has 2 fully saturated rings. The quantitative estimate of drug-likeness (QED) is 0.830. The van der Waals surface area contributed by atoms with Crippen LogP contribution in [-0.4, -0.2) is 73.4 Å². The number of ether oxygens (including phenoxy) is 1. The number of hydrogen-bond donors (Lipinski definition) is 0. The van der Waals surface area contributed by atoms with Crippen molar-refractivity contribution in [1.82, 2.24) is 14.7 Å². The van der Waals surface area contributed by atoms with E-state index in [4.69, 9.17) is 4.74 Å². The smallest absolute Gasteiger partial charge is 0.242 e. The first-order valence-corrected chi connectivity index (χ1v) is 8.49. The molecule has 6 nitrogen and oxygen atoms in total. The van der Waals surface area contributed by atoms with E-state index in [-0.39, 0.29) is 24.4 Å².